The van der Waals surface area contributed by atoms with Crippen molar-refractivity contribution >= 4 is 33.2 Å². The van der Waals surface area contributed by atoms with E-state index in [2.05, 4.69) is 43.0 Å². The Balaban J connectivity index is 1.65. The maximum atomic E-state index is 12.3. The molecule has 0 aliphatic carbocycles. The van der Waals surface area contributed by atoms with E-state index in [4.69, 9.17) is 0 Å². The fourth-order valence-corrected chi connectivity index (χ4v) is 3.60. The van der Waals surface area contributed by atoms with E-state index in [1.54, 1.807) is 11.3 Å². The molecule has 1 aromatic carbocycles. The highest BCUT2D eigenvalue weighted by Crippen LogP contribution is 2.26. The van der Waals surface area contributed by atoms with Crippen LogP contribution in [0.4, 0.5) is 0 Å². The number of nitrogens with zero attached hydrogens (tertiary/aromatic N) is 1. The largest absolute Gasteiger partial charge is 0.350 e. The van der Waals surface area contributed by atoms with Gasteiger partial charge in [0.05, 0.1) is 6.04 Å². The normalized spacial score (nSPS) is 16.2. The first-order chi connectivity index (χ1) is 10.2. The minimum absolute atomic E-state index is 0.0166. The predicted molar refractivity (Wildman–Crippen MR) is 89.7 cm³/mol. The standard InChI is InChI=1S/C16H17BrN2OS/c17-14-4-1-3-12(9-14)16(20)18-10-15(19-6-2-7-19)13-5-8-21-11-13/h1,3-5,8-9,11,15H,2,6-7,10H2,(H,18,20). The third-order valence-corrected chi connectivity index (χ3v) is 5.00. The zero-order valence-corrected chi connectivity index (χ0v) is 14.0. The van der Waals surface area contributed by atoms with Gasteiger partial charge in [0.25, 0.3) is 5.91 Å². The number of rotatable bonds is 5. The first kappa shape index (κ1) is 14.8. The van der Waals surface area contributed by atoms with Crippen LogP contribution < -0.4 is 5.32 Å². The van der Waals surface area contributed by atoms with E-state index < -0.39 is 0 Å². The monoisotopic (exact) mass is 364 g/mol. The number of likely N-dealkylation sites (tertiary alicyclic amines) is 1. The highest BCUT2D eigenvalue weighted by Gasteiger charge is 2.26. The summed E-state index contributed by atoms with van der Waals surface area (Å²) in [7, 11) is 0. The highest BCUT2D eigenvalue weighted by molar-refractivity contribution is 9.10. The molecule has 5 heteroatoms. The first-order valence-electron chi connectivity index (χ1n) is 7.04. The lowest BCUT2D eigenvalue weighted by Gasteiger charge is -2.38. The maximum absolute atomic E-state index is 12.3. The molecule has 2 heterocycles. The molecule has 1 aliphatic rings. The van der Waals surface area contributed by atoms with Gasteiger partial charge in [0.2, 0.25) is 0 Å². The van der Waals surface area contributed by atoms with Gasteiger partial charge >= 0.3 is 0 Å². The Morgan fingerprint density at radius 3 is 2.86 bits per heavy atom. The molecular formula is C16H17BrN2OS. The number of carbonyl (C=O) groups is 1. The SMILES string of the molecule is O=C(NCC(c1ccsc1)N1CCC1)c1cccc(Br)c1. The fraction of sp³-hybridized carbons (Fsp3) is 0.312. The van der Waals surface area contributed by atoms with Crippen LogP contribution in [0.2, 0.25) is 0 Å². The lowest BCUT2D eigenvalue weighted by atomic mass is 10.0. The quantitative estimate of drug-likeness (QED) is 0.877. The van der Waals surface area contributed by atoms with Crippen molar-refractivity contribution in [3.05, 3.63) is 56.7 Å². The van der Waals surface area contributed by atoms with Gasteiger partial charge in [-0.15, -0.1) is 0 Å². The first-order valence-corrected chi connectivity index (χ1v) is 8.77. The second-order valence-corrected chi connectivity index (χ2v) is 6.88. The smallest absolute Gasteiger partial charge is 0.251 e. The molecule has 1 fully saturated rings. The summed E-state index contributed by atoms with van der Waals surface area (Å²) in [6, 6.07) is 9.93. The lowest BCUT2D eigenvalue weighted by Crippen LogP contribution is -2.45. The Bertz CT molecular complexity index is 610. The van der Waals surface area contributed by atoms with Crippen LogP contribution in [0.5, 0.6) is 0 Å². The molecule has 3 nitrogen and oxygen atoms in total. The Kier molecular flexibility index (Phi) is 4.73. The lowest BCUT2D eigenvalue weighted by molar-refractivity contribution is 0.0885. The highest BCUT2D eigenvalue weighted by atomic mass is 79.9. The summed E-state index contributed by atoms with van der Waals surface area (Å²) >= 11 is 5.11. The van der Waals surface area contributed by atoms with Crippen LogP contribution in [0.1, 0.15) is 28.4 Å². The number of thiophene rings is 1. The van der Waals surface area contributed by atoms with E-state index in [9.17, 15) is 4.79 Å². The van der Waals surface area contributed by atoms with Gasteiger partial charge in [-0.1, -0.05) is 22.0 Å². The minimum Gasteiger partial charge on any atom is -0.350 e. The molecule has 0 radical (unpaired) electrons. The molecule has 0 spiro atoms. The Morgan fingerprint density at radius 1 is 1.38 bits per heavy atom. The summed E-state index contributed by atoms with van der Waals surface area (Å²) in [6.07, 6.45) is 1.25. The van der Waals surface area contributed by atoms with Crippen molar-refractivity contribution < 1.29 is 4.79 Å². The van der Waals surface area contributed by atoms with Gasteiger partial charge in [-0.05, 0) is 47.0 Å². The topological polar surface area (TPSA) is 32.3 Å². The van der Waals surface area contributed by atoms with Gasteiger partial charge in [-0.2, -0.15) is 11.3 Å². The molecule has 1 unspecified atom stereocenters. The van der Waals surface area contributed by atoms with Gasteiger partial charge in [0, 0.05) is 29.7 Å². The van der Waals surface area contributed by atoms with E-state index in [1.807, 2.05) is 24.3 Å². The second-order valence-electron chi connectivity index (χ2n) is 5.18. The summed E-state index contributed by atoms with van der Waals surface area (Å²) < 4.78 is 0.923. The third kappa shape index (κ3) is 3.54. The molecule has 110 valence electrons. The number of amides is 1. The molecular weight excluding hydrogens is 348 g/mol. The summed E-state index contributed by atoms with van der Waals surface area (Å²) in [4.78, 5) is 14.7. The number of carbonyl (C=O) groups excluding carboxylic acids is 1. The Hall–Kier alpha value is -1.17. The van der Waals surface area contributed by atoms with E-state index in [1.165, 1.54) is 12.0 Å². The van der Waals surface area contributed by atoms with Crippen LogP contribution in [-0.4, -0.2) is 30.4 Å². The molecule has 0 bridgehead atoms. The molecule has 0 saturated carbocycles. The van der Waals surface area contributed by atoms with Crippen molar-refractivity contribution in [2.75, 3.05) is 19.6 Å². The van der Waals surface area contributed by atoms with Crippen molar-refractivity contribution in [2.24, 2.45) is 0 Å². The number of hydrogen-bond donors (Lipinski definition) is 1. The van der Waals surface area contributed by atoms with E-state index in [0.717, 1.165) is 17.6 Å². The van der Waals surface area contributed by atoms with Crippen molar-refractivity contribution in [1.82, 2.24) is 10.2 Å². The van der Waals surface area contributed by atoms with Gasteiger partial charge < -0.3 is 5.32 Å². The number of halogens is 1. The molecule has 2 aromatic rings. The minimum atomic E-state index is -0.0166. The second kappa shape index (κ2) is 6.73. The van der Waals surface area contributed by atoms with Crippen LogP contribution in [0, 0.1) is 0 Å². The molecule has 3 rings (SSSR count). The fourth-order valence-electron chi connectivity index (χ4n) is 2.50. The predicted octanol–water partition coefficient (Wildman–Crippen LogP) is 3.69. The molecule has 1 aliphatic heterocycles. The zero-order chi connectivity index (χ0) is 14.7. The van der Waals surface area contributed by atoms with Crippen LogP contribution in [0.25, 0.3) is 0 Å². The summed E-state index contributed by atoms with van der Waals surface area (Å²) in [5.74, 6) is -0.0166. The van der Waals surface area contributed by atoms with E-state index >= 15 is 0 Å². The summed E-state index contributed by atoms with van der Waals surface area (Å²) in [5.41, 5.74) is 1.99. The van der Waals surface area contributed by atoms with Crippen LogP contribution in [-0.2, 0) is 0 Å². The zero-order valence-electron chi connectivity index (χ0n) is 11.6. The van der Waals surface area contributed by atoms with Crippen molar-refractivity contribution in [3.63, 3.8) is 0 Å². The van der Waals surface area contributed by atoms with Crippen LogP contribution in [0.3, 0.4) is 0 Å². The van der Waals surface area contributed by atoms with Gasteiger partial charge in [0.15, 0.2) is 0 Å². The van der Waals surface area contributed by atoms with E-state index in [-0.39, 0.29) is 5.91 Å². The van der Waals surface area contributed by atoms with Crippen molar-refractivity contribution in [1.29, 1.82) is 0 Å². The molecule has 1 aromatic heterocycles. The van der Waals surface area contributed by atoms with Gasteiger partial charge in [-0.25, -0.2) is 0 Å². The average molecular weight is 365 g/mol. The molecule has 21 heavy (non-hydrogen) atoms. The van der Waals surface area contributed by atoms with Gasteiger partial charge in [-0.3, -0.25) is 9.69 Å². The average Bonchev–Trinajstić information content (AvgIpc) is 2.94. The summed E-state index contributed by atoms with van der Waals surface area (Å²) in [6.45, 7) is 2.89. The van der Waals surface area contributed by atoms with Crippen molar-refractivity contribution in [3.8, 4) is 0 Å². The Morgan fingerprint density at radius 2 is 2.24 bits per heavy atom. The van der Waals surface area contributed by atoms with E-state index in [0.29, 0.717) is 18.2 Å². The maximum Gasteiger partial charge on any atom is 0.251 e. The number of hydrogen-bond acceptors (Lipinski definition) is 3. The summed E-state index contributed by atoms with van der Waals surface area (Å²) in [5, 5.41) is 7.34. The third-order valence-electron chi connectivity index (χ3n) is 3.80. The van der Waals surface area contributed by atoms with Crippen LogP contribution in [0.15, 0.2) is 45.6 Å². The van der Waals surface area contributed by atoms with Crippen molar-refractivity contribution in [2.45, 2.75) is 12.5 Å². The molecule has 1 N–H and O–H groups in total. The number of benzene rings is 1. The van der Waals surface area contributed by atoms with Gasteiger partial charge in [0.1, 0.15) is 0 Å². The Labute approximate surface area is 137 Å². The molecule has 1 atom stereocenters. The molecule has 1 amide bonds. The van der Waals surface area contributed by atoms with Crippen LogP contribution >= 0.6 is 27.3 Å². The number of nitrogens with one attached hydrogen (secondary N) is 1. The molecule has 1 saturated heterocycles.